The number of alkyl halides is 3. The number of hydrogen-bond donors (Lipinski definition) is 1. The van der Waals surface area contributed by atoms with E-state index >= 15 is 0 Å². The lowest BCUT2D eigenvalue weighted by Crippen LogP contribution is -2.36. The van der Waals surface area contributed by atoms with Crippen LogP contribution < -0.4 is 5.73 Å². The summed E-state index contributed by atoms with van der Waals surface area (Å²) in [6.45, 7) is 1.15. The molecule has 0 spiro atoms. The molecule has 4 aromatic rings. The van der Waals surface area contributed by atoms with E-state index in [1.165, 1.54) is 24.5 Å². The molecule has 5 rings (SSSR count). The maximum atomic E-state index is 14.3. The summed E-state index contributed by atoms with van der Waals surface area (Å²) in [7, 11) is 0. The standard InChI is InChI=1S/C32H29F6N5O3/c33-23-11-19(12-24(34)15-23)10-21(29-26(2-1-5-40-29)20-3-4-28(35)27(14-20)31(39)45)13-25(44)18-43-17-22(30(41-43)32(36,37)38)16-42-6-8-46-9-7-42/h1-5,11-12,14-15,17,21H,6-10,13,16,18H2,(H2,39,45)/t21-/m1/s1. The third kappa shape index (κ3) is 7.98. The van der Waals surface area contributed by atoms with E-state index in [0.29, 0.717) is 43.5 Å². The topological polar surface area (TPSA) is 103 Å². The number of ketones is 1. The molecule has 242 valence electrons. The van der Waals surface area contributed by atoms with E-state index in [0.717, 1.165) is 22.9 Å². The van der Waals surface area contributed by atoms with Crippen molar-refractivity contribution in [2.45, 2.75) is 38.0 Å². The lowest BCUT2D eigenvalue weighted by atomic mass is 9.86. The quantitative estimate of drug-likeness (QED) is 0.222. The van der Waals surface area contributed by atoms with Gasteiger partial charge in [0.05, 0.1) is 31.0 Å². The third-order valence-corrected chi connectivity index (χ3v) is 7.59. The van der Waals surface area contributed by atoms with Crippen molar-refractivity contribution in [2.75, 3.05) is 26.3 Å². The second kappa shape index (κ2) is 13.8. The molecule has 8 nitrogen and oxygen atoms in total. The number of nitrogens with two attached hydrogens (primary N) is 1. The number of hydrogen-bond acceptors (Lipinski definition) is 6. The van der Waals surface area contributed by atoms with Crippen molar-refractivity contribution in [3.05, 3.63) is 106 Å². The van der Waals surface area contributed by atoms with Crippen LogP contribution >= 0.6 is 0 Å². The van der Waals surface area contributed by atoms with E-state index in [9.17, 15) is 35.9 Å². The van der Waals surface area contributed by atoms with Gasteiger partial charge in [-0.15, -0.1) is 0 Å². The van der Waals surface area contributed by atoms with Crippen LogP contribution in [0.5, 0.6) is 0 Å². The summed E-state index contributed by atoms with van der Waals surface area (Å²) >= 11 is 0. The number of nitrogens with zero attached hydrogens (tertiary/aromatic N) is 4. The molecular weight excluding hydrogens is 616 g/mol. The first kappa shape index (κ1) is 32.8. The lowest BCUT2D eigenvalue weighted by Gasteiger charge is -2.26. The summed E-state index contributed by atoms with van der Waals surface area (Å²) in [5, 5.41) is 3.69. The molecule has 1 fully saturated rings. The Balaban J connectivity index is 1.47. The van der Waals surface area contributed by atoms with Gasteiger partial charge >= 0.3 is 6.18 Å². The smallest absolute Gasteiger partial charge is 0.379 e. The minimum absolute atomic E-state index is 0.0254. The Bertz CT molecular complexity index is 1720. The number of Topliss-reactive ketones (excluding diaryl/α,β-unsaturated/α-hetero) is 1. The van der Waals surface area contributed by atoms with Crippen molar-refractivity contribution in [1.82, 2.24) is 19.7 Å². The van der Waals surface area contributed by atoms with Crippen molar-refractivity contribution in [1.29, 1.82) is 0 Å². The molecule has 14 heteroatoms. The molecule has 1 aliphatic rings. The maximum absolute atomic E-state index is 14.3. The summed E-state index contributed by atoms with van der Waals surface area (Å²) < 4.78 is 90.3. The highest BCUT2D eigenvalue weighted by Gasteiger charge is 2.38. The van der Waals surface area contributed by atoms with E-state index in [4.69, 9.17) is 10.5 Å². The number of aromatic nitrogens is 3. The van der Waals surface area contributed by atoms with Crippen LogP contribution in [0, 0.1) is 17.5 Å². The van der Waals surface area contributed by atoms with Crippen LogP contribution in [0.15, 0.2) is 60.9 Å². The molecule has 1 saturated heterocycles. The van der Waals surface area contributed by atoms with E-state index in [-0.39, 0.29) is 41.8 Å². The Labute approximate surface area is 259 Å². The maximum Gasteiger partial charge on any atom is 0.435 e. The fourth-order valence-corrected chi connectivity index (χ4v) is 5.57. The Morgan fingerprint density at radius 3 is 2.39 bits per heavy atom. The second-order valence-corrected chi connectivity index (χ2v) is 11.0. The predicted molar refractivity (Wildman–Crippen MR) is 154 cm³/mol. The number of pyridine rings is 1. The Morgan fingerprint density at radius 1 is 1.00 bits per heavy atom. The molecule has 1 atom stereocenters. The first-order valence-corrected chi connectivity index (χ1v) is 14.3. The lowest BCUT2D eigenvalue weighted by molar-refractivity contribution is -0.142. The Morgan fingerprint density at radius 2 is 1.72 bits per heavy atom. The van der Waals surface area contributed by atoms with Crippen molar-refractivity contribution in [3.8, 4) is 11.1 Å². The van der Waals surface area contributed by atoms with Gasteiger partial charge in [-0.05, 0) is 47.9 Å². The molecule has 0 saturated carbocycles. The molecule has 3 heterocycles. The molecule has 2 aromatic heterocycles. The van der Waals surface area contributed by atoms with Gasteiger partial charge in [0, 0.05) is 61.6 Å². The average molecular weight is 646 g/mol. The summed E-state index contributed by atoms with van der Waals surface area (Å²) in [5.41, 5.74) is 5.00. The molecule has 0 radical (unpaired) electrons. The average Bonchev–Trinajstić information content (AvgIpc) is 3.39. The number of ether oxygens (including phenoxy) is 1. The van der Waals surface area contributed by atoms with Gasteiger partial charge in [0.2, 0.25) is 0 Å². The number of rotatable bonds is 11. The highest BCUT2D eigenvalue weighted by molar-refractivity contribution is 5.94. The van der Waals surface area contributed by atoms with E-state index in [2.05, 4.69) is 10.1 Å². The Hall–Kier alpha value is -4.56. The minimum atomic E-state index is -4.75. The van der Waals surface area contributed by atoms with E-state index in [1.807, 2.05) is 0 Å². The number of halogens is 6. The zero-order valence-corrected chi connectivity index (χ0v) is 24.4. The van der Waals surface area contributed by atoms with Gasteiger partial charge in [-0.3, -0.25) is 24.2 Å². The van der Waals surface area contributed by atoms with E-state index < -0.39 is 53.5 Å². The van der Waals surface area contributed by atoms with Gasteiger partial charge in [0.15, 0.2) is 11.5 Å². The SMILES string of the molecule is NC(=O)c1cc(-c2cccnc2[C@@H](CC(=O)Cn2cc(CN3CCOCC3)c(C(F)(F)F)n2)Cc2cc(F)cc(F)c2)ccc1F. The van der Waals surface area contributed by atoms with Gasteiger partial charge in [-0.2, -0.15) is 18.3 Å². The van der Waals surface area contributed by atoms with Crippen LogP contribution in [0.4, 0.5) is 26.3 Å². The number of morpholine rings is 1. The number of carbonyl (C=O) groups is 2. The van der Waals surface area contributed by atoms with Crippen LogP contribution in [0.1, 0.15) is 45.2 Å². The van der Waals surface area contributed by atoms with Gasteiger partial charge in [-0.1, -0.05) is 12.1 Å². The number of benzene rings is 2. The molecule has 1 aliphatic heterocycles. The normalized spacial score (nSPS) is 14.7. The van der Waals surface area contributed by atoms with Crippen LogP contribution in [-0.4, -0.2) is 57.7 Å². The van der Waals surface area contributed by atoms with Crippen LogP contribution in [0.2, 0.25) is 0 Å². The van der Waals surface area contributed by atoms with Gasteiger partial charge in [0.1, 0.15) is 17.5 Å². The molecule has 0 aliphatic carbocycles. The summed E-state index contributed by atoms with van der Waals surface area (Å²) in [5.74, 6) is -4.88. The molecule has 2 aromatic carbocycles. The largest absolute Gasteiger partial charge is 0.435 e. The summed E-state index contributed by atoms with van der Waals surface area (Å²) in [4.78, 5) is 31.5. The molecule has 2 N–H and O–H groups in total. The second-order valence-electron chi connectivity index (χ2n) is 11.0. The molecule has 46 heavy (non-hydrogen) atoms. The first-order valence-electron chi connectivity index (χ1n) is 14.3. The number of amides is 1. The zero-order valence-electron chi connectivity index (χ0n) is 24.4. The van der Waals surface area contributed by atoms with Crippen molar-refractivity contribution in [2.24, 2.45) is 5.73 Å². The molecule has 0 bridgehead atoms. The number of primary amides is 1. The Kier molecular flexibility index (Phi) is 9.87. The summed E-state index contributed by atoms with van der Waals surface area (Å²) in [6, 6.07) is 9.78. The molecular formula is C32H29F6N5O3. The summed E-state index contributed by atoms with van der Waals surface area (Å²) in [6.07, 6.45) is -2.50. The first-order chi connectivity index (χ1) is 21.9. The highest BCUT2D eigenvalue weighted by atomic mass is 19.4. The van der Waals surface area contributed by atoms with Gasteiger partial charge < -0.3 is 10.5 Å². The van der Waals surface area contributed by atoms with Gasteiger partial charge in [-0.25, -0.2) is 13.2 Å². The van der Waals surface area contributed by atoms with Crippen molar-refractivity contribution >= 4 is 11.7 Å². The third-order valence-electron chi connectivity index (χ3n) is 7.59. The fourth-order valence-electron chi connectivity index (χ4n) is 5.57. The molecule has 0 unspecified atom stereocenters. The number of carbonyl (C=O) groups excluding carboxylic acids is 2. The van der Waals surface area contributed by atoms with Crippen LogP contribution in [-0.2, 0) is 35.2 Å². The van der Waals surface area contributed by atoms with Crippen LogP contribution in [0.3, 0.4) is 0 Å². The van der Waals surface area contributed by atoms with Gasteiger partial charge in [0.25, 0.3) is 5.91 Å². The van der Waals surface area contributed by atoms with Crippen molar-refractivity contribution in [3.63, 3.8) is 0 Å². The van der Waals surface area contributed by atoms with E-state index in [1.54, 1.807) is 17.0 Å². The van der Waals surface area contributed by atoms with Crippen molar-refractivity contribution < 1.29 is 40.7 Å². The highest BCUT2D eigenvalue weighted by Crippen LogP contribution is 2.34. The molecule has 1 amide bonds. The minimum Gasteiger partial charge on any atom is -0.379 e. The monoisotopic (exact) mass is 645 g/mol. The predicted octanol–water partition coefficient (Wildman–Crippen LogP) is 5.30. The fraction of sp³-hybridized carbons (Fsp3) is 0.312. The zero-order chi connectivity index (χ0) is 33.0. The van der Waals surface area contributed by atoms with Crippen LogP contribution in [0.25, 0.3) is 11.1 Å².